The molecule has 0 bridgehead atoms. The quantitative estimate of drug-likeness (QED) is 0.456. The van der Waals surface area contributed by atoms with Gasteiger partial charge in [0.2, 0.25) is 5.89 Å². The SMILES string of the molecule is CCOC(=O)c1sc2cccc(F)c2c1Cn1nc(-c2ccc(F)cc2)oc1=O. The van der Waals surface area contributed by atoms with Crippen molar-refractivity contribution in [3.63, 3.8) is 0 Å². The zero-order valence-electron chi connectivity index (χ0n) is 15.1. The van der Waals surface area contributed by atoms with Gasteiger partial charge in [-0.25, -0.2) is 18.4 Å². The number of benzene rings is 2. The van der Waals surface area contributed by atoms with Gasteiger partial charge in [-0.3, -0.25) is 0 Å². The molecule has 148 valence electrons. The fourth-order valence-electron chi connectivity index (χ4n) is 2.94. The third-order valence-electron chi connectivity index (χ3n) is 4.23. The van der Waals surface area contributed by atoms with Crippen LogP contribution in [0.3, 0.4) is 0 Å². The third kappa shape index (κ3) is 3.56. The lowest BCUT2D eigenvalue weighted by Crippen LogP contribution is -2.18. The number of carbonyl (C=O) groups is 1. The number of ether oxygens (including phenoxy) is 1. The molecule has 4 aromatic rings. The highest BCUT2D eigenvalue weighted by Gasteiger charge is 2.23. The molecule has 2 aromatic carbocycles. The highest BCUT2D eigenvalue weighted by molar-refractivity contribution is 7.21. The van der Waals surface area contributed by atoms with Gasteiger partial charge in [0.25, 0.3) is 0 Å². The van der Waals surface area contributed by atoms with Gasteiger partial charge in [0.05, 0.1) is 13.2 Å². The summed E-state index contributed by atoms with van der Waals surface area (Å²) in [6.45, 7) is 1.65. The first-order chi connectivity index (χ1) is 14.0. The molecule has 6 nitrogen and oxygen atoms in total. The molecule has 0 saturated heterocycles. The van der Waals surface area contributed by atoms with E-state index in [1.54, 1.807) is 19.1 Å². The molecule has 0 amide bonds. The Morgan fingerprint density at radius 2 is 1.97 bits per heavy atom. The van der Waals surface area contributed by atoms with Crippen LogP contribution >= 0.6 is 11.3 Å². The Kier molecular flexibility index (Phi) is 4.98. The number of rotatable bonds is 5. The second-order valence-corrected chi connectivity index (χ2v) is 7.13. The van der Waals surface area contributed by atoms with Crippen LogP contribution in [0.5, 0.6) is 0 Å². The summed E-state index contributed by atoms with van der Waals surface area (Å²) in [5, 5.41) is 4.35. The highest BCUT2D eigenvalue weighted by Crippen LogP contribution is 2.34. The summed E-state index contributed by atoms with van der Waals surface area (Å²) >= 11 is 1.09. The van der Waals surface area contributed by atoms with Gasteiger partial charge in [-0.2, -0.15) is 4.68 Å². The average molecular weight is 416 g/mol. The fraction of sp³-hybridized carbons (Fsp3) is 0.150. The summed E-state index contributed by atoms with van der Waals surface area (Å²) in [5.74, 6) is -2.34. The normalized spacial score (nSPS) is 11.1. The number of carbonyl (C=O) groups excluding carboxylic acids is 1. The summed E-state index contributed by atoms with van der Waals surface area (Å²) in [5.41, 5.74) is 0.705. The van der Waals surface area contributed by atoms with Gasteiger partial charge in [-0.15, -0.1) is 16.4 Å². The molecule has 0 aliphatic rings. The molecule has 0 unspecified atom stereocenters. The van der Waals surface area contributed by atoms with Crippen molar-refractivity contribution in [1.29, 1.82) is 0 Å². The van der Waals surface area contributed by atoms with E-state index in [2.05, 4.69) is 5.10 Å². The lowest BCUT2D eigenvalue weighted by Gasteiger charge is -2.04. The molecular weight excluding hydrogens is 402 g/mol. The number of nitrogens with zero attached hydrogens (tertiary/aromatic N) is 2. The van der Waals surface area contributed by atoms with E-state index in [0.717, 1.165) is 16.0 Å². The number of hydrogen-bond donors (Lipinski definition) is 0. The molecule has 0 aliphatic heterocycles. The number of thiophene rings is 1. The first-order valence-electron chi connectivity index (χ1n) is 8.68. The Morgan fingerprint density at radius 3 is 2.69 bits per heavy atom. The van der Waals surface area contributed by atoms with E-state index in [1.165, 1.54) is 30.3 Å². The molecule has 2 heterocycles. The molecule has 0 N–H and O–H groups in total. The lowest BCUT2D eigenvalue weighted by molar-refractivity contribution is 0.0531. The summed E-state index contributed by atoms with van der Waals surface area (Å²) in [4.78, 5) is 24.9. The maximum absolute atomic E-state index is 14.5. The van der Waals surface area contributed by atoms with Crippen LogP contribution in [0, 0.1) is 11.6 Å². The Morgan fingerprint density at radius 1 is 1.21 bits per heavy atom. The van der Waals surface area contributed by atoms with E-state index in [-0.39, 0.29) is 29.3 Å². The molecule has 0 radical (unpaired) electrons. The first kappa shape index (κ1) is 19.0. The van der Waals surface area contributed by atoms with Gasteiger partial charge in [0.1, 0.15) is 16.5 Å². The fourth-order valence-corrected chi connectivity index (χ4v) is 4.07. The van der Waals surface area contributed by atoms with Crippen molar-refractivity contribution in [3.8, 4) is 11.5 Å². The molecule has 0 aliphatic carbocycles. The van der Waals surface area contributed by atoms with Crippen molar-refractivity contribution >= 4 is 27.4 Å². The predicted molar refractivity (Wildman–Crippen MR) is 103 cm³/mol. The first-order valence-corrected chi connectivity index (χ1v) is 9.50. The minimum atomic E-state index is -0.783. The maximum atomic E-state index is 14.5. The second kappa shape index (κ2) is 7.59. The summed E-state index contributed by atoms with van der Waals surface area (Å²) in [6.07, 6.45) is 0. The van der Waals surface area contributed by atoms with Crippen molar-refractivity contribution in [2.45, 2.75) is 13.5 Å². The summed E-state index contributed by atoms with van der Waals surface area (Å²) in [6, 6.07) is 9.79. The number of halogens is 2. The Balaban J connectivity index is 1.80. The Bertz CT molecular complexity index is 1260. The molecule has 0 spiro atoms. The molecule has 0 saturated carbocycles. The van der Waals surface area contributed by atoms with E-state index in [9.17, 15) is 18.4 Å². The van der Waals surface area contributed by atoms with Gasteiger partial charge in [-0.05, 0) is 43.3 Å². The van der Waals surface area contributed by atoms with Crippen molar-refractivity contribution in [2.24, 2.45) is 0 Å². The minimum Gasteiger partial charge on any atom is -0.462 e. The Labute approximate surface area is 167 Å². The smallest absolute Gasteiger partial charge is 0.437 e. The monoisotopic (exact) mass is 416 g/mol. The predicted octanol–water partition coefficient (Wildman–Crippen LogP) is 4.22. The van der Waals surface area contributed by atoms with Crippen LogP contribution < -0.4 is 5.76 Å². The van der Waals surface area contributed by atoms with Crippen LogP contribution in [-0.4, -0.2) is 22.4 Å². The number of hydrogen-bond acceptors (Lipinski definition) is 6. The molecule has 0 atom stereocenters. The Hall–Kier alpha value is -3.33. The highest BCUT2D eigenvalue weighted by atomic mass is 32.1. The van der Waals surface area contributed by atoms with Crippen molar-refractivity contribution in [1.82, 2.24) is 9.78 Å². The summed E-state index contributed by atoms with van der Waals surface area (Å²) < 4.78 is 39.4. The molecule has 9 heteroatoms. The van der Waals surface area contributed by atoms with E-state index in [1.807, 2.05) is 0 Å². The van der Waals surface area contributed by atoms with Gasteiger partial charge in [-0.1, -0.05) is 6.07 Å². The van der Waals surface area contributed by atoms with E-state index in [4.69, 9.17) is 9.15 Å². The number of aromatic nitrogens is 2. The van der Waals surface area contributed by atoms with Crippen molar-refractivity contribution in [3.05, 3.63) is 75.1 Å². The molecule has 0 fully saturated rings. The topological polar surface area (TPSA) is 74.3 Å². The molecule has 4 rings (SSSR count). The average Bonchev–Trinajstić information content (AvgIpc) is 3.25. The standard InChI is InChI=1S/C20H14F2N2O4S/c1-2-27-19(25)17-13(16-14(22)4-3-5-15(16)29-17)10-24-20(26)28-18(23-24)11-6-8-12(21)9-7-11/h3-9H,2,10H2,1H3. The molecular formula is C20H14F2N2O4S. The van der Waals surface area contributed by atoms with Crippen LogP contribution in [0.15, 0.2) is 51.7 Å². The molecule has 2 aromatic heterocycles. The van der Waals surface area contributed by atoms with Crippen molar-refractivity contribution < 1.29 is 22.7 Å². The largest absolute Gasteiger partial charge is 0.462 e. The van der Waals surface area contributed by atoms with Crippen molar-refractivity contribution in [2.75, 3.05) is 6.61 Å². The van der Waals surface area contributed by atoms with Gasteiger partial charge < -0.3 is 9.15 Å². The number of esters is 1. The van der Waals surface area contributed by atoms with E-state index in [0.29, 0.717) is 15.8 Å². The van der Waals surface area contributed by atoms with Gasteiger partial charge in [0, 0.05) is 21.2 Å². The maximum Gasteiger partial charge on any atom is 0.437 e. The minimum absolute atomic E-state index is 0.00677. The number of fused-ring (bicyclic) bond motifs is 1. The second-order valence-electron chi connectivity index (χ2n) is 6.08. The third-order valence-corrected chi connectivity index (χ3v) is 5.41. The van der Waals surface area contributed by atoms with Crippen LogP contribution in [-0.2, 0) is 11.3 Å². The van der Waals surface area contributed by atoms with Gasteiger partial charge >= 0.3 is 11.7 Å². The zero-order valence-corrected chi connectivity index (χ0v) is 16.0. The van der Waals surface area contributed by atoms with Gasteiger partial charge in [0.15, 0.2) is 0 Å². The van der Waals surface area contributed by atoms with E-state index < -0.39 is 23.4 Å². The summed E-state index contributed by atoms with van der Waals surface area (Å²) in [7, 11) is 0. The van der Waals surface area contributed by atoms with Crippen LogP contribution in [0.2, 0.25) is 0 Å². The van der Waals surface area contributed by atoms with Crippen LogP contribution in [0.1, 0.15) is 22.2 Å². The van der Waals surface area contributed by atoms with Crippen LogP contribution in [0.25, 0.3) is 21.5 Å². The zero-order chi connectivity index (χ0) is 20.5. The van der Waals surface area contributed by atoms with Crippen LogP contribution in [0.4, 0.5) is 8.78 Å². The lowest BCUT2D eigenvalue weighted by atomic mass is 10.1. The van der Waals surface area contributed by atoms with E-state index >= 15 is 0 Å². The molecule has 29 heavy (non-hydrogen) atoms.